The van der Waals surface area contributed by atoms with Gasteiger partial charge in [-0.25, -0.2) is 17.7 Å². The number of carbonyl (C=O) groups is 1. The summed E-state index contributed by atoms with van der Waals surface area (Å²) in [4.78, 5) is 19.9. The molecule has 0 spiro atoms. The largest absolute Gasteiger partial charge is 0.495 e. The molecule has 2 aromatic rings. The standard InChI is InChI=1S/C14H16N4O4S/c1-18(2)23(20,21)10-4-5-13(22-3)11(8-10)17-14(19)12-9-15-6-7-16-12/h4-9H,1-3H3,(H,17,19). The molecule has 122 valence electrons. The molecule has 0 unspecified atom stereocenters. The van der Waals surface area contributed by atoms with Crippen LogP contribution in [0.5, 0.6) is 5.75 Å². The maximum atomic E-state index is 12.2. The van der Waals surface area contributed by atoms with Crippen LogP contribution in [0.25, 0.3) is 0 Å². The van der Waals surface area contributed by atoms with Gasteiger partial charge in [-0.15, -0.1) is 0 Å². The van der Waals surface area contributed by atoms with Crippen LogP contribution in [0.15, 0.2) is 41.7 Å². The molecule has 1 aromatic carbocycles. The van der Waals surface area contributed by atoms with Gasteiger partial charge in [-0.1, -0.05) is 0 Å². The summed E-state index contributed by atoms with van der Waals surface area (Å²) in [6.45, 7) is 0. The number of aromatic nitrogens is 2. The molecule has 0 aliphatic rings. The quantitative estimate of drug-likeness (QED) is 0.873. The molecule has 0 aliphatic carbocycles. The smallest absolute Gasteiger partial charge is 0.275 e. The van der Waals surface area contributed by atoms with Crippen LogP contribution in [-0.4, -0.2) is 49.8 Å². The number of carbonyl (C=O) groups excluding carboxylic acids is 1. The van der Waals surface area contributed by atoms with Gasteiger partial charge in [-0.05, 0) is 18.2 Å². The SMILES string of the molecule is COc1ccc(S(=O)(=O)N(C)C)cc1NC(=O)c1cnccn1. The average Bonchev–Trinajstić information content (AvgIpc) is 2.55. The van der Waals surface area contributed by atoms with Crippen molar-refractivity contribution in [3.05, 3.63) is 42.5 Å². The van der Waals surface area contributed by atoms with Crippen molar-refractivity contribution in [3.63, 3.8) is 0 Å². The van der Waals surface area contributed by atoms with E-state index in [1.165, 1.54) is 58.0 Å². The van der Waals surface area contributed by atoms with Gasteiger partial charge in [0, 0.05) is 26.5 Å². The number of ether oxygens (including phenoxy) is 1. The van der Waals surface area contributed by atoms with Gasteiger partial charge in [0.25, 0.3) is 5.91 Å². The van der Waals surface area contributed by atoms with E-state index in [-0.39, 0.29) is 16.3 Å². The van der Waals surface area contributed by atoms with E-state index < -0.39 is 15.9 Å². The minimum atomic E-state index is -3.63. The second-order valence-electron chi connectivity index (χ2n) is 4.69. The van der Waals surface area contributed by atoms with Crippen molar-refractivity contribution in [2.24, 2.45) is 0 Å². The molecule has 23 heavy (non-hydrogen) atoms. The Morgan fingerprint density at radius 3 is 2.57 bits per heavy atom. The van der Waals surface area contributed by atoms with Crippen LogP contribution in [0.2, 0.25) is 0 Å². The molecule has 0 aliphatic heterocycles. The van der Waals surface area contributed by atoms with Gasteiger partial charge in [-0.2, -0.15) is 0 Å². The van der Waals surface area contributed by atoms with Crippen LogP contribution in [0, 0.1) is 0 Å². The minimum Gasteiger partial charge on any atom is -0.495 e. The second-order valence-corrected chi connectivity index (χ2v) is 6.85. The van der Waals surface area contributed by atoms with Gasteiger partial charge in [0.2, 0.25) is 10.0 Å². The molecule has 1 heterocycles. The number of sulfonamides is 1. The van der Waals surface area contributed by atoms with E-state index in [1.54, 1.807) is 0 Å². The number of nitrogens with one attached hydrogen (secondary N) is 1. The summed E-state index contributed by atoms with van der Waals surface area (Å²) < 4.78 is 30.6. The lowest BCUT2D eigenvalue weighted by Gasteiger charge is -2.15. The lowest BCUT2D eigenvalue weighted by Crippen LogP contribution is -2.22. The third kappa shape index (κ3) is 3.63. The number of nitrogens with zero attached hydrogens (tertiary/aromatic N) is 3. The molecular formula is C14H16N4O4S. The fourth-order valence-corrected chi connectivity index (χ4v) is 2.69. The zero-order valence-corrected chi connectivity index (χ0v) is 13.7. The highest BCUT2D eigenvalue weighted by Gasteiger charge is 2.20. The first kappa shape index (κ1) is 16.8. The van der Waals surface area contributed by atoms with E-state index in [2.05, 4.69) is 15.3 Å². The third-order valence-corrected chi connectivity index (χ3v) is 4.80. The molecule has 1 amide bonds. The summed E-state index contributed by atoms with van der Waals surface area (Å²) >= 11 is 0. The molecular weight excluding hydrogens is 320 g/mol. The van der Waals surface area contributed by atoms with Crippen molar-refractivity contribution < 1.29 is 17.9 Å². The first-order chi connectivity index (χ1) is 10.9. The van der Waals surface area contributed by atoms with Gasteiger partial charge in [0.05, 0.1) is 23.9 Å². The Balaban J connectivity index is 2.39. The van der Waals surface area contributed by atoms with Crippen molar-refractivity contribution in [2.45, 2.75) is 4.90 Å². The Morgan fingerprint density at radius 2 is 2.00 bits per heavy atom. The fourth-order valence-electron chi connectivity index (χ4n) is 1.76. The highest BCUT2D eigenvalue weighted by molar-refractivity contribution is 7.89. The topological polar surface area (TPSA) is 101 Å². The summed E-state index contributed by atoms with van der Waals surface area (Å²) in [6, 6.07) is 4.22. The molecule has 2 rings (SSSR count). The van der Waals surface area contributed by atoms with E-state index in [0.717, 1.165) is 4.31 Å². The van der Waals surface area contributed by atoms with Crippen LogP contribution in [-0.2, 0) is 10.0 Å². The highest BCUT2D eigenvalue weighted by Crippen LogP contribution is 2.28. The van der Waals surface area contributed by atoms with Crippen molar-refractivity contribution in [1.82, 2.24) is 14.3 Å². The van der Waals surface area contributed by atoms with Gasteiger partial charge in [0.1, 0.15) is 11.4 Å². The van der Waals surface area contributed by atoms with Crippen LogP contribution >= 0.6 is 0 Å². The fraction of sp³-hybridized carbons (Fsp3) is 0.214. The van der Waals surface area contributed by atoms with Crippen molar-refractivity contribution in [3.8, 4) is 5.75 Å². The summed E-state index contributed by atoms with van der Waals surface area (Å²) in [5.41, 5.74) is 0.335. The summed E-state index contributed by atoms with van der Waals surface area (Å²) in [5, 5.41) is 2.58. The number of hydrogen-bond donors (Lipinski definition) is 1. The Labute approximate surface area is 134 Å². The molecule has 0 saturated heterocycles. The zero-order valence-electron chi connectivity index (χ0n) is 12.8. The van der Waals surface area contributed by atoms with Crippen molar-refractivity contribution >= 4 is 21.6 Å². The highest BCUT2D eigenvalue weighted by atomic mass is 32.2. The van der Waals surface area contributed by atoms with Crippen LogP contribution in [0.3, 0.4) is 0 Å². The molecule has 1 aromatic heterocycles. The Kier molecular flexibility index (Phi) is 4.92. The third-order valence-electron chi connectivity index (χ3n) is 2.99. The van der Waals surface area contributed by atoms with Crippen LogP contribution in [0.4, 0.5) is 5.69 Å². The minimum absolute atomic E-state index is 0.0396. The molecule has 0 fully saturated rings. The van der Waals surface area contributed by atoms with E-state index in [0.29, 0.717) is 5.75 Å². The lowest BCUT2D eigenvalue weighted by atomic mass is 10.2. The molecule has 0 atom stereocenters. The van der Waals surface area contributed by atoms with E-state index in [1.807, 2.05) is 0 Å². The molecule has 8 nitrogen and oxygen atoms in total. The lowest BCUT2D eigenvalue weighted by molar-refractivity contribution is 0.102. The maximum absolute atomic E-state index is 12.2. The summed E-state index contributed by atoms with van der Waals surface area (Å²) in [7, 11) is 0.654. The van der Waals surface area contributed by atoms with E-state index in [9.17, 15) is 13.2 Å². The average molecular weight is 336 g/mol. The van der Waals surface area contributed by atoms with Crippen LogP contribution < -0.4 is 10.1 Å². The number of amides is 1. The van der Waals surface area contributed by atoms with Gasteiger partial charge >= 0.3 is 0 Å². The Morgan fingerprint density at radius 1 is 1.26 bits per heavy atom. The van der Waals surface area contributed by atoms with E-state index >= 15 is 0 Å². The van der Waals surface area contributed by atoms with Crippen LogP contribution in [0.1, 0.15) is 10.5 Å². The zero-order chi connectivity index (χ0) is 17.0. The second kappa shape index (κ2) is 6.71. The van der Waals surface area contributed by atoms with Crippen molar-refractivity contribution in [2.75, 3.05) is 26.5 Å². The van der Waals surface area contributed by atoms with Crippen molar-refractivity contribution in [1.29, 1.82) is 0 Å². The normalized spacial score (nSPS) is 11.3. The van der Waals surface area contributed by atoms with Gasteiger partial charge < -0.3 is 10.1 Å². The number of anilines is 1. The Bertz CT molecular complexity index is 807. The first-order valence-corrected chi connectivity index (χ1v) is 7.98. The summed E-state index contributed by atoms with van der Waals surface area (Å²) in [6.07, 6.45) is 4.14. The van der Waals surface area contributed by atoms with Gasteiger partial charge in [0.15, 0.2) is 0 Å². The monoisotopic (exact) mass is 336 g/mol. The molecule has 9 heteroatoms. The van der Waals surface area contributed by atoms with Gasteiger partial charge in [-0.3, -0.25) is 9.78 Å². The maximum Gasteiger partial charge on any atom is 0.275 e. The number of methoxy groups -OCH3 is 1. The molecule has 0 bridgehead atoms. The summed E-state index contributed by atoms with van der Waals surface area (Å²) in [5.74, 6) is -0.184. The first-order valence-electron chi connectivity index (χ1n) is 6.54. The molecule has 0 radical (unpaired) electrons. The Hall–Kier alpha value is -2.52. The van der Waals surface area contributed by atoms with E-state index in [4.69, 9.17) is 4.74 Å². The number of rotatable bonds is 5. The molecule has 1 N–H and O–H groups in total. The predicted octanol–water partition coefficient (Wildman–Crippen LogP) is 0.988. The number of hydrogen-bond acceptors (Lipinski definition) is 6. The number of benzene rings is 1. The molecule has 0 saturated carbocycles. The predicted molar refractivity (Wildman–Crippen MR) is 83.9 cm³/mol.